The second-order valence-corrected chi connectivity index (χ2v) is 4.29. The summed E-state index contributed by atoms with van der Waals surface area (Å²) in [6.07, 6.45) is 7.00. The van der Waals surface area contributed by atoms with Gasteiger partial charge >= 0.3 is 0 Å². The van der Waals surface area contributed by atoms with Gasteiger partial charge in [-0.3, -0.25) is 9.69 Å². The van der Waals surface area contributed by atoms with E-state index in [-0.39, 0.29) is 11.3 Å². The van der Waals surface area contributed by atoms with Crippen molar-refractivity contribution in [2.45, 2.75) is 13.8 Å². The van der Waals surface area contributed by atoms with E-state index in [0.29, 0.717) is 17.9 Å². The Morgan fingerprint density at radius 1 is 1.60 bits per heavy atom. The second kappa shape index (κ2) is 3.09. The highest BCUT2D eigenvalue weighted by Gasteiger charge is 2.45. The molecule has 2 rings (SSSR count). The Bertz CT molecular complexity index is 457. The van der Waals surface area contributed by atoms with Gasteiger partial charge < -0.3 is 0 Å². The maximum atomic E-state index is 11.8. The van der Waals surface area contributed by atoms with E-state index in [1.165, 1.54) is 0 Å². The molecule has 0 N–H and O–H groups in total. The highest BCUT2D eigenvalue weighted by molar-refractivity contribution is 6.03. The number of hydrogen-bond acceptors (Lipinski definition) is 2. The van der Waals surface area contributed by atoms with Gasteiger partial charge in [-0.15, -0.1) is 6.42 Å². The molecule has 0 atom stereocenters. The van der Waals surface area contributed by atoms with Gasteiger partial charge in [0.1, 0.15) is 0 Å². The van der Waals surface area contributed by atoms with Crippen molar-refractivity contribution in [3.63, 3.8) is 0 Å². The zero-order valence-corrected chi connectivity index (χ0v) is 8.82. The standard InChI is InChI=1S/C12H12N2O/c1-4-9-6-5-7-13-10(9)14-8-12(2,3)11(14)15/h1,5-7H,8H2,2-3H3. The van der Waals surface area contributed by atoms with Crippen LogP contribution >= 0.6 is 0 Å². The fraction of sp³-hybridized carbons (Fsp3) is 0.333. The lowest BCUT2D eigenvalue weighted by Crippen LogP contribution is -2.59. The molecular weight excluding hydrogens is 188 g/mol. The van der Waals surface area contributed by atoms with Crippen LogP contribution in [0, 0.1) is 17.8 Å². The van der Waals surface area contributed by atoms with Crippen molar-refractivity contribution in [2.75, 3.05) is 11.4 Å². The molecule has 3 heteroatoms. The Hall–Kier alpha value is -1.82. The van der Waals surface area contributed by atoms with Gasteiger partial charge in [-0.05, 0) is 26.0 Å². The molecule has 0 spiro atoms. The lowest BCUT2D eigenvalue weighted by Gasteiger charge is -2.43. The van der Waals surface area contributed by atoms with Gasteiger partial charge in [0.25, 0.3) is 0 Å². The average molecular weight is 200 g/mol. The Kier molecular flexibility index (Phi) is 2.01. The summed E-state index contributed by atoms with van der Waals surface area (Å²) in [7, 11) is 0. The van der Waals surface area contributed by atoms with Crippen LogP contribution in [0.15, 0.2) is 18.3 Å². The molecule has 15 heavy (non-hydrogen) atoms. The minimum atomic E-state index is -0.274. The smallest absolute Gasteiger partial charge is 0.235 e. The van der Waals surface area contributed by atoms with E-state index in [1.807, 2.05) is 13.8 Å². The van der Waals surface area contributed by atoms with E-state index in [2.05, 4.69) is 10.9 Å². The molecule has 1 aliphatic rings. The monoisotopic (exact) mass is 200 g/mol. The van der Waals surface area contributed by atoms with E-state index >= 15 is 0 Å². The van der Waals surface area contributed by atoms with Crippen molar-refractivity contribution < 1.29 is 4.79 Å². The molecule has 1 aliphatic heterocycles. The molecule has 1 aromatic heterocycles. The summed E-state index contributed by atoms with van der Waals surface area (Å²) in [6, 6.07) is 3.56. The van der Waals surface area contributed by atoms with Crippen LogP contribution in [0.25, 0.3) is 0 Å². The first-order chi connectivity index (χ1) is 7.06. The van der Waals surface area contributed by atoms with Crippen molar-refractivity contribution >= 4 is 11.7 Å². The Balaban J connectivity index is 2.34. The SMILES string of the molecule is C#Cc1cccnc1N1CC(C)(C)C1=O. The third-order valence-electron chi connectivity index (χ3n) is 2.58. The summed E-state index contributed by atoms with van der Waals surface area (Å²) in [5.41, 5.74) is 0.394. The number of anilines is 1. The topological polar surface area (TPSA) is 33.2 Å². The molecule has 0 bridgehead atoms. The summed E-state index contributed by atoms with van der Waals surface area (Å²) in [5.74, 6) is 3.22. The first-order valence-corrected chi connectivity index (χ1v) is 4.80. The minimum absolute atomic E-state index is 0.0812. The number of hydrogen-bond donors (Lipinski definition) is 0. The van der Waals surface area contributed by atoms with Crippen LogP contribution in [0.2, 0.25) is 0 Å². The molecule has 1 saturated heterocycles. The molecule has 1 aromatic rings. The molecule has 1 amide bonds. The lowest BCUT2D eigenvalue weighted by molar-refractivity contribution is -0.132. The first-order valence-electron chi connectivity index (χ1n) is 4.80. The van der Waals surface area contributed by atoms with E-state index in [9.17, 15) is 4.79 Å². The van der Waals surface area contributed by atoms with Crippen molar-refractivity contribution in [1.82, 2.24) is 4.98 Å². The Morgan fingerprint density at radius 3 is 2.87 bits per heavy atom. The number of carbonyl (C=O) groups is 1. The molecule has 0 unspecified atom stereocenters. The molecule has 2 heterocycles. The van der Waals surface area contributed by atoms with Crippen LogP contribution in [-0.2, 0) is 4.79 Å². The van der Waals surface area contributed by atoms with Crippen molar-refractivity contribution in [2.24, 2.45) is 5.41 Å². The molecular formula is C12H12N2O. The summed E-state index contributed by atoms with van der Waals surface area (Å²) in [6.45, 7) is 4.52. The fourth-order valence-electron chi connectivity index (χ4n) is 1.70. The van der Waals surface area contributed by atoms with E-state index < -0.39 is 0 Å². The van der Waals surface area contributed by atoms with Gasteiger partial charge in [-0.2, -0.15) is 0 Å². The number of amides is 1. The van der Waals surface area contributed by atoms with Gasteiger partial charge in [-0.25, -0.2) is 4.98 Å². The van der Waals surface area contributed by atoms with Crippen LogP contribution in [0.4, 0.5) is 5.82 Å². The maximum Gasteiger partial charge on any atom is 0.235 e. The highest BCUT2D eigenvalue weighted by atomic mass is 16.2. The zero-order valence-electron chi connectivity index (χ0n) is 8.82. The number of pyridine rings is 1. The second-order valence-electron chi connectivity index (χ2n) is 4.29. The number of aromatic nitrogens is 1. The summed E-state index contributed by atoms with van der Waals surface area (Å²) >= 11 is 0. The maximum absolute atomic E-state index is 11.8. The molecule has 76 valence electrons. The molecule has 0 aromatic carbocycles. The summed E-state index contributed by atoms with van der Waals surface area (Å²) in [4.78, 5) is 17.6. The zero-order chi connectivity index (χ0) is 11.1. The van der Waals surface area contributed by atoms with E-state index in [4.69, 9.17) is 6.42 Å². The highest BCUT2D eigenvalue weighted by Crippen LogP contribution is 2.35. The number of β-lactam (4-membered cyclic amide) rings is 1. The number of terminal acetylenes is 1. The van der Waals surface area contributed by atoms with Crippen molar-refractivity contribution in [3.8, 4) is 12.3 Å². The predicted octanol–water partition coefficient (Wildman–Crippen LogP) is 1.44. The average Bonchev–Trinajstić information content (AvgIpc) is 2.25. The number of rotatable bonds is 1. The van der Waals surface area contributed by atoms with Crippen LogP contribution < -0.4 is 4.90 Å². The van der Waals surface area contributed by atoms with Crippen molar-refractivity contribution in [3.05, 3.63) is 23.9 Å². The lowest BCUT2D eigenvalue weighted by atomic mass is 9.83. The van der Waals surface area contributed by atoms with Gasteiger partial charge in [0.05, 0.1) is 11.0 Å². The minimum Gasteiger partial charge on any atom is -0.294 e. The number of nitrogens with zero attached hydrogens (tertiary/aromatic N) is 2. The fourth-order valence-corrected chi connectivity index (χ4v) is 1.70. The molecule has 3 nitrogen and oxygen atoms in total. The van der Waals surface area contributed by atoms with E-state index in [1.54, 1.807) is 23.2 Å². The van der Waals surface area contributed by atoms with Crippen LogP contribution in [0.1, 0.15) is 19.4 Å². The quantitative estimate of drug-likeness (QED) is 0.507. The Labute approximate surface area is 89.1 Å². The van der Waals surface area contributed by atoms with Gasteiger partial charge in [0.2, 0.25) is 5.91 Å². The first kappa shape index (κ1) is 9.72. The van der Waals surface area contributed by atoms with Gasteiger partial charge in [0, 0.05) is 12.7 Å². The summed E-state index contributed by atoms with van der Waals surface area (Å²) < 4.78 is 0. The van der Waals surface area contributed by atoms with Crippen LogP contribution in [-0.4, -0.2) is 17.4 Å². The van der Waals surface area contributed by atoms with Crippen molar-refractivity contribution in [1.29, 1.82) is 0 Å². The largest absolute Gasteiger partial charge is 0.294 e. The third-order valence-corrected chi connectivity index (χ3v) is 2.58. The number of carbonyl (C=O) groups excluding carboxylic acids is 1. The van der Waals surface area contributed by atoms with Crippen LogP contribution in [0.5, 0.6) is 0 Å². The van der Waals surface area contributed by atoms with E-state index in [0.717, 1.165) is 0 Å². The summed E-state index contributed by atoms with van der Waals surface area (Å²) in [5, 5.41) is 0. The molecule has 1 fully saturated rings. The molecule has 0 radical (unpaired) electrons. The molecule has 0 aliphatic carbocycles. The molecule has 0 saturated carbocycles. The van der Waals surface area contributed by atoms with Gasteiger partial charge in [0.15, 0.2) is 5.82 Å². The van der Waals surface area contributed by atoms with Crippen LogP contribution in [0.3, 0.4) is 0 Å². The Morgan fingerprint density at radius 2 is 2.33 bits per heavy atom. The third kappa shape index (κ3) is 1.39. The predicted molar refractivity (Wildman–Crippen MR) is 58.3 cm³/mol. The van der Waals surface area contributed by atoms with Gasteiger partial charge in [-0.1, -0.05) is 5.92 Å². The normalized spacial score (nSPS) is 18.2.